The fourth-order valence-corrected chi connectivity index (χ4v) is 4.40. The molecule has 1 fully saturated rings. The standard InChI is InChI=1S/C17H21N5O2S2/c1-11-4-6-13(7-5-11)19-16-20-21-17(26-16)25-10-14(23)22-8-2-3-12(9-22)15(18)24/h4-7,12H,2-3,8-10H2,1H3,(H2,18,24)(H,19,20)/t12-/m0/s1. The van der Waals surface area contributed by atoms with E-state index in [0.29, 0.717) is 18.2 Å². The lowest BCUT2D eigenvalue weighted by Crippen LogP contribution is -2.44. The number of hydrogen-bond donors (Lipinski definition) is 2. The van der Waals surface area contributed by atoms with Crippen LogP contribution < -0.4 is 11.1 Å². The summed E-state index contributed by atoms with van der Waals surface area (Å²) in [4.78, 5) is 25.4. The van der Waals surface area contributed by atoms with Crippen LogP contribution in [0.3, 0.4) is 0 Å². The molecule has 2 aromatic rings. The van der Waals surface area contributed by atoms with Gasteiger partial charge in [0, 0.05) is 18.8 Å². The summed E-state index contributed by atoms with van der Waals surface area (Å²) in [5, 5.41) is 12.1. The molecule has 7 nitrogen and oxygen atoms in total. The molecule has 3 rings (SSSR count). The predicted molar refractivity (Wildman–Crippen MR) is 104 cm³/mol. The topological polar surface area (TPSA) is 101 Å². The van der Waals surface area contributed by atoms with E-state index in [1.807, 2.05) is 31.2 Å². The van der Waals surface area contributed by atoms with Crippen LogP contribution in [0.4, 0.5) is 10.8 Å². The van der Waals surface area contributed by atoms with Crippen molar-refractivity contribution in [1.29, 1.82) is 0 Å². The van der Waals surface area contributed by atoms with Gasteiger partial charge in [-0.2, -0.15) is 0 Å². The van der Waals surface area contributed by atoms with Crippen LogP contribution in [0, 0.1) is 12.8 Å². The number of aryl methyl sites for hydroxylation is 1. The predicted octanol–water partition coefficient (Wildman–Crippen LogP) is 2.41. The molecule has 0 bridgehead atoms. The Bertz CT molecular complexity index is 778. The Hall–Kier alpha value is -2.13. The first-order valence-corrected chi connectivity index (χ1v) is 10.2. The maximum atomic E-state index is 12.4. The third-order valence-corrected chi connectivity index (χ3v) is 6.16. The van der Waals surface area contributed by atoms with E-state index in [2.05, 4.69) is 15.5 Å². The minimum Gasteiger partial charge on any atom is -0.369 e. The Kier molecular flexibility index (Phi) is 6.10. The lowest BCUT2D eigenvalue weighted by molar-refractivity contribution is -0.132. The number of piperidine rings is 1. The molecule has 0 radical (unpaired) electrons. The molecular weight excluding hydrogens is 370 g/mol. The summed E-state index contributed by atoms with van der Waals surface area (Å²) < 4.78 is 0.733. The van der Waals surface area contributed by atoms with Gasteiger partial charge in [-0.1, -0.05) is 40.8 Å². The van der Waals surface area contributed by atoms with Gasteiger partial charge in [0.15, 0.2) is 4.34 Å². The van der Waals surface area contributed by atoms with Gasteiger partial charge in [-0.3, -0.25) is 9.59 Å². The van der Waals surface area contributed by atoms with E-state index >= 15 is 0 Å². The first-order chi connectivity index (χ1) is 12.5. The van der Waals surface area contributed by atoms with E-state index in [1.165, 1.54) is 28.7 Å². The van der Waals surface area contributed by atoms with Crippen LogP contribution in [-0.4, -0.2) is 45.8 Å². The van der Waals surface area contributed by atoms with Gasteiger partial charge in [0.05, 0.1) is 11.7 Å². The molecule has 0 spiro atoms. The van der Waals surface area contributed by atoms with Crippen LogP contribution in [0.25, 0.3) is 0 Å². The fraction of sp³-hybridized carbons (Fsp3) is 0.412. The van der Waals surface area contributed by atoms with Crippen molar-refractivity contribution < 1.29 is 9.59 Å². The fourth-order valence-electron chi connectivity index (χ4n) is 2.73. The number of thioether (sulfide) groups is 1. The van der Waals surface area contributed by atoms with E-state index in [4.69, 9.17) is 5.73 Å². The van der Waals surface area contributed by atoms with Crippen LogP contribution in [-0.2, 0) is 9.59 Å². The van der Waals surface area contributed by atoms with E-state index < -0.39 is 0 Å². The third kappa shape index (κ3) is 4.95. The van der Waals surface area contributed by atoms with E-state index in [-0.39, 0.29) is 23.5 Å². The average Bonchev–Trinajstić information content (AvgIpc) is 3.09. The number of carbonyl (C=O) groups is 2. The highest BCUT2D eigenvalue weighted by Crippen LogP contribution is 2.28. The van der Waals surface area contributed by atoms with E-state index in [0.717, 1.165) is 22.9 Å². The van der Waals surface area contributed by atoms with E-state index in [1.54, 1.807) is 4.90 Å². The number of primary amides is 1. The van der Waals surface area contributed by atoms with Crippen molar-refractivity contribution in [2.24, 2.45) is 11.7 Å². The van der Waals surface area contributed by atoms with Crippen LogP contribution in [0.15, 0.2) is 28.6 Å². The number of amides is 2. The third-order valence-electron chi connectivity index (χ3n) is 4.20. The minimum atomic E-state index is -0.328. The molecule has 1 aliphatic heterocycles. The van der Waals surface area contributed by atoms with Gasteiger partial charge in [0.25, 0.3) is 0 Å². The molecule has 2 heterocycles. The average molecular weight is 392 g/mol. The van der Waals surface area contributed by atoms with E-state index in [9.17, 15) is 9.59 Å². The summed E-state index contributed by atoms with van der Waals surface area (Å²) in [5.41, 5.74) is 7.51. The molecule has 3 N–H and O–H groups in total. The molecule has 0 saturated carbocycles. The molecule has 138 valence electrons. The second-order valence-electron chi connectivity index (χ2n) is 6.23. The normalized spacial score (nSPS) is 17.1. The number of aromatic nitrogens is 2. The monoisotopic (exact) mass is 391 g/mol. The Labute approximate surface area is 160 Å². The molecule has 1 atom stereocenters. The first kappa shape index (κ1) is 18.7. The molecule has 2 amide bonds. The number of nitrogens with one attached hydrogen (secondary N) is 1. The second kappa shape index (κ2) is 8.50. The van der Waals surface area contributed by atoms with Crippen molar-refractivity contribution in [3.63, 3.8) is 0 Å². The number of benzene rings is 1. The highest BCUT2D eigenvalue weighted by Gasteiger charge is 2.27. The SMILES string of the molecule is Cc1ccc(Nc2nnc(SCC(=O)N3CCC[C@H](C(N)=O)C3)s2)cc1. The minimum absolute atomic E-state index is 0.00388. The molecule has 1 saturated heterocycles. The number of carbonyl (C=O) groups excluding carboxylic acids is 2. The largest absolute Gasteiger partial charge is 0.369 e. The smallest absolute Gasteiger partial charge is 0.233 e. The Morgan fingerprint density at radius 2 is 2.12 bits per heavy atom. The number of anilines is 2. The summed E-state index contributed by atoms with van der Waals surface area (Å²) in [6.07, 6.45) is 1.57. The van der Waals surface area contributed by atoms with Crippen LogP contribution in [0.1, 0.15) is 18.4 Å². The zero-order valence-corrected chi connectivity index (χ0v) is 16.1. The van der Waals surface area contributed by atoms with Crippen molar-refractivity contribution >= 4 is 45.7 Å². The van der Waals surface area contributed by atoms with Crippen LogP contribution in [0.5, 0.6) is 0 Å². The number of likely N-dealkylation sites (tertiary alicyclic amines) is 1. The maximum absolute atomic E-state index is 12.4. The van der Waals surface area contributed by atoms with Crippen LogP contribution >= 0.6 is 23.1 Å². The summed E-state index contributed by atoms with van der Waals surface area (Å²) >= 11 is 2.77. The van der Waals surface area contributed by atoms with Crippen molar-refractivity contribution in [2.45, 2.75) is 24.1 Å². The zero-order chi connectivity index (χ0) is 18.5. The molecule has 1 aromatic carbocycles. The number of nitrogens with zero attached hydrogens (tertiary/aromatic N) is 3. The summed E-state index contributed by atoms with van der Waals surface area (Å²) in [6, 6.07) is 8.02. The maximum Gasteiger partial charge on any atom is 0.233 e. The quantitative estimate of drug-likeness (QED) is 0.733. The second-order valence-corrected chi connectivity index (χ2v) is 8.43. The molecule has 1 aliphatic rings. The summed E-state index contributed by atoms with van der Waals surface area (Å²) in [5.74, 6) is -0.273. The highest BCUT2D eigenvalue weighted by molar-refractivity contribution is 8.01. The molecule has 26 heavy (non-hydrogen) atoms. The lowest BCUT2D eigenvalue weighted by atomic mass is 9.97. The Morgan fingerprint density at radius 1 is 1.35 bits per heavy atom. The van der Waals surface area contributed by atoms with Gasteiger partial charge in [-0.05, 0) is 31.9 Å². The van der Waals surface area contributed by atoms with Gasteiger partial charge in [-0.25, -0.2) is 0 Å². The Morgan fingerprint density at radius 3 is 2.85 bits per heavy atom. The first-order valence-electron chi connectivity index (χ1n) is 8.38. The van der Waals surface area contributed by atoms with Crippen molar-refractivity contribution in [1.82, 2.24) is 15.1 Å². The van der Waals surface area contributed by atoms with Crippen LogP contribution in [0.2, 0.25) is 0 Å². The molecule has 1 aromatic heterocycles. The van der Waals surface area contributed by atoms with Crippen molar-refractivity contribution in [3.8, 4) is 0 Å². The van der Waals surface area contributed by atoms with Crippen molar-refractivity contribution in [3.05, 3.63) is 29.8 Å². The number of nitrogens with two attached hydrogens (primary N) is 1. The lowest BCUT2D eigenvalue weighted by Gasteiger charge is -2.31. The number of rotatable bonds is 6. The summed E-state index contributed by atoms with van der Waals surface area (Å²) in [7, 11) is 0. The van der Waals surface area contributed by atoms with Gasteiger partial charge >= 0.3 is 0 Å². The van der Waals surface area contributed by atoms with Gasteiger partial charge in [0.2, 0.25) is 16.9 Å². The van der Waals surface area contributed by atoms with Gasteiger partial charge in [-0.15, -0.1) is 10.2 Å². The number of hydrogen-bond acceptors (Lipinski definition) is 7. The molecular formula is C17H21N5O2S2. The van der Waals surface area contributed by atoms with Gasteiger partial charge in [0.1, 0.15) is 0 Å². The van der Waals surface area contributed by atoms with Crippen molar-refractivity contribution in [2.75, 3.05) is 24.2 Å². The Balaban J connectivity index is 1.50. The highest BCUT2D eigenvalue weighted by atomic mass is 32.2. The van der Waals surface area contributed by atoms with Gasteiger partial charge < -0.3 is 16.0 Å². The summed E-state index contributed by atoms with van der Waals surface area (Å²) in [6.45, 7) is 3.14. The molecule has 9 heteroatoms. The molecule has 0 aliphatic carbocycles. The zero-order valence-electron chi connectivity index (χ0n) is 14.5. The molecule has 0 unspecified atom stereocenters.